The minimum Gasteiger partial charge on any atom is -0.347 e. The average Bonchev–Trinajstić information content (AvgIpc) is 2.96. The van der Waals surface area contributed by atoms with Crippen molar-refractivity contribution in [2.45, 2.75) is 50.0 Å². The van der Waals surface area contributed by atoms with E-state index in [0.29, 0.717) is 12.5 Å². The molecule has 0 radical (unpaired) electrons. The fourth-order valence-electron chi connectivity index (χ4n) is 6.09. The zero-order valence-corrected chi connectivity index (χ0v) is 22.7. The summed E-state index contributed by atoms with van der Waals surface area (Å²) < 4.78 is 0. The van der Waals surface area contributed by atoms with Gasteiger partial charge in [-0.2, -0.15) is 0 Å². The molecular weight excluding hydrogens is 460 g/mol. The monoisotopic (exact) mass is 504 g/mol. The first-order chi connectivity index (χ1) is 18.0. The Morgan fingerprint density at radius 2 is 1.51 bits per heavy atom. The van der Waals surface area contributed by atoms with Crippen molar-refractivity contribution >= 4 is 11.7 Å². The Bertz CT molecular complexity index is 981. The van der Waals surface area contributed by atoms with Crippen LogP contribution in [0.15, 0.2) is 60.7 Å². The Morgan fingerprint density at radius 3 is 2.14 bits per heavy atom. The number of likely N-dealkylation sites (tertiary alicyclic amines) is 2. The second-order valence-corrected chi connectivity index (χ2v) is 10.9. The number of ketones is 1. The fourth-order valence-corrected chi connectivity index (χ4v) is 6.09. The standard InChI is InChI=1S/C31H44N4O2/c1-33(2)30(37)31(35-19-10-5-11-20-35)17-22-34(23-18-31)21-16-28(26-12-6-3-7-13-26)24-32-25-29(36)27-14-8-4-9-15-27/h3-4,6-9,12-15,28,32H,5,10-11,16-25H2,1-2H3. The lowest BCUT2D eigenvalue weighted by Crippen LogP contribution is -2.64. The van der Waals surface area contributed by atoms with Crippen molar-refractivity contribution in [1.29, 1.82) is 0 Å². The largest absolute Gasteiger partial charge is 0.347 e. The molecule has 4 rings (SSSR count). The number of Topliss-reactive ketones (excluding diaryl/α,β-unsaturated/α-hetero) is 1. The number of amides is 1. The summed E-state index contributed by atoms with van der Waals surface area (Å²) in [4.78, 5) is 32.8. The van der Waals surface area contributed by atoms with Crippen LogP contribution in [0.25, 0.3) is 0 Å². The third-order valence-electron chi connectivity index (χ3n) is 8.29. The van der Waals surface area contributed by atoms with Gasteiger partial charge in [-0.15, -0.1) is 0 Å². The Kier molecular flexibility index (Phi) is 9.89. The highest BCUT2D eigenvalue weighted by atomic mass is 16.2. The normalized spacial score (nSPS) is 19.3. The zero-order valence-electron chi connectivity index (χ0n) is 22.7. The van der Waals surface area contributed by atoms with Crippen LogP contribution in [0.2, 0.25) is 0 Å². The SMILES string of the molecule is CN(C)C(=O)C1(N2CCCCC2)CCN(CCC(CNCC(=O)c2ccccc2)c2ccccc2)CC1. The van der Waals surface area contributed by atoms with Crippen molar-refractivity contribution in [3.8, 4) is 0 Å². The molecule has 2 aliphatic heterocycles. The number of benzene rings is 2. The van der Waals surface area contributed by atoms with E-state index in [9.17, 15) is 9.59 Å². The molecule has 2 aromatic rings. The minimum atomic E-state index is -0.335. The minimum absolute atomic E-state index is 0.128. The third kappa shape index (κ3) is 7.07. The number of hydrogen-bond donors (Lipinski definition) is 1. The number of carbonyl (C=O) groups excluding carboxylic acids is 2. The smallest absolute Gasteiger partial charge is 0.242 e. The van der Waals surface area contributed by atoms with E-state index >= 15 is 0 Å². The van der Waals surface area contributed by atoms with Gasteiger partial charge in [-0.25, -0.2) is 0 Å². The van der Waals surface area contributed by atoms with Crippen LogP contribution < -0.4 is 5.32 Å². The second kappa shape index (κ2) is 13.3. The van der Waals surface area contributed by atoms with Crippen LogP contribution in [0.4, 0.5) is 0 Å². The van der Waals surface area contributed by atoms with E-state index in [4.69, 9.17) is 0 Å². The number of nitrogens with one attached hydrogen (secondary N) is 1. The Balaban J connectivity index is 1.33. The predicted molar refractivity (Wildman–Crippen MR) is 150 cm³/mol. The van der Waals surface area contributed by atoms with Gasteiger partial charge in [-0.05, 0) is 63.2 Å². The molecule has 6 heteroatoms. The van der Waals surface area contributed by atoms with E-state index < -0.39 is 0 Å². The maximum Gasteiger partial charge on any atom is 0.242 e. The molecule has 200 valence electrons. The molecule has 2 aromatic carbocycles. The lowest BCUT2D eigenvalue weighted by molar-refractivity contribution is -0.147. The number of nitrogens with zero attached hydrogens (tertiary/aromatic N) is 3. The Morgan fingerprint density at radius 1 is 0.892 bits per heavy atom. The van der Waals surface area contributed by atoms with E-state index in [1.54, 1.807) is 4.90 Å². The van der Waals surface area contributed by atoms with Crippen LogP contribution in [-0.4, -0.2) is 91.8 Å². The van der Waals surface area contributed by atoms with Crippen molar-refractivity contribution in [3.05, 3.63) is 71.8 Å². The van der Waals surface area contributed by atoms with Gasteiger partial charge in [0.25, 0.3) is 0 Å². The molecule has 0 aromatic heterocycles. The van der Waals surface area contributed by atoms with Gasteiger partial charge in [0.05, 0.1) is 6.54 Å². The molecule has 1 N–H and O–H groups in total. The number of likely N-dealkylation sites (N-methyl/N-ethyl adjacent to an activating group) is 1. The lowest BCUT2D eigenvalue weighted by Gasteiger charge is -2.50. The second-order valence-electron chi connectivity index (χ2n) is 10.9. The summed E-state index contributed by atoms with van der Waals surface area (Å²) in [7, 11) is 3.81. The maximum absolute atomic E-state index is 13.4. The Hall–Kier alpha value is -2.54. The molecule has 2 heterocycles. The van der Waals surface area contributed by atoms with E-state index in [0.717, 1.165) is 64.1 Å². The summed E-state index contributed by atoms with van der Waals surface area (Å²) in [6, 6.07) is 20.1. The first kappa shape index (κ1) is 27.5. The molecule has 1 amide bonds. The molecule has 6 nitrogen and oxygen atoms in total. The lowest BCUT2D eigenvalue weighted by atomic mass is 9.82. The van der Waals surface area contributed by atoms with E-state index in [1.165, 1.54) is 24.8 Å². The fraction of sp³-hybridized carbons (Fsp3) is 0.548. The molecular formula is C31H44N4O2. The molecule has 2 aliphatic rings. The first-order valence-electron chi connectivity index (χ1n) is 14.0. The molecule has 2 saturated heterocycles. The molecule has 2 fully saturated rings. The van der Waals surface area contributed by atoms with Crippen molar-refractivity contribution in [2.24, 2.45) is 0 Å². The van der Waals surface area contributed by atoms with Gasteiger partial charge in [-0.3, -0.25) is 14.5 Å². The first-order valence-corrected chi connectivity index (χ1v) is 14.0. The molecule has 0 aliphatic carbocycles. The Labute approximate surface area is 223 Å². The predicted octanol–water partition coefficient (Wildman–Crippen LogP) is 4.04. The van der Waals surface area contributed by atoms with Crippen LogP contribution in [0, 0.1) is 0 Å². The molecule has 0 spiro atoms. The van der Waals surface area contributed by atoms with Crippen molar-refractivity contribution in [2.75, 3.05) is 59.9 Å². The molecule has 1 atom stereocenters. The van der Waals surface area contributed by atoms with Gasteiger partial charge in [0.1, 0.15) is 5.54 Å². The summed E-state index contributed by atoms with van der Waals surface area (Å²) in [6.45, 7) is 6.12. The van der Waals surface area contributed by atoms with Crippen LogP contribution in [0.1, 0.15) is 60.4 Å². The molecule has 0 saturated carbocycles. The van der Waals surface area contributed by atoms with E-state index in [1.807, 2.05) is 44.4 Å². The van der Waals surface area contributed by atoms with Gasteiger partial charge in [0.15, 0.2) is 5.78 Å². The summed E-state index contributed by atoms with van der Waals surface area (Å²) in [6.07, 6.45) is 6.51. The quantitative estimate of drug-likeness (QED) is 0.468. The van der Waals surface area contributed by atoms with Crippen LogP contribution in [0.5, 0.6) is 0 Å². The van der Waals surface area contributed by atoms with Gasteiger partial charge < -0.3 is 15.1 Å². The zero-order chi connectivity index (χ0) is 26.1. The van der Waals surface area contributed by atoms with Crippen molar-refractivity contribution in [1.82, 2.24) is 20.0 Å². The number of carbonyl (C=O) groups is 2. The number of piperidine rings is 2. The van der Waals surface area contributed by atoms with Crippen LogP contribution >= 0.6 is 0 Å². The number of rotatable bonds is 11. The summed E-state index contributed by atoms with van der Waals surface area (Å²) in [5.41, 5.74) is 1.73. The third-order valence-corrected chi connectivity index (χ3v) is 8.29. The number of hydrogen-bond acceptors (Lipinski definition) is 5. The van der Waals surface area contributed by atoms with Gasteiger partial charge in [0.2, 0.25) is 5.91 Å². The van der Waals surface area contributed by atoms with Gasteiger partial charge in [0, 0.05) is 39.3 Å². The van der Waals surface area contributed by atoms with Crippen LogP contribution in [0.3, 0.4) is 0 Å². The van der Waals surface area contributed by atoms with Gasteiger partial charge in [-0.1, -0.05) is 67.1 Å². The average molecular weight is 505 g/mol. The summed E-state index contributed by atoms with van der Waals surface area (Å²) in [5.74, 6) is 0.744. The molecule has 1 unspecified atom stereocenters. The highest BCUT2D eigenvalue weighted by molar-refractivity contribution is 5.97. The highest BCUT2D eigenvalue weighted by Gasteiger charge is 2.47. The van der Waals surface area contributed by atoms with Crippen molar-refractivity contribution < 1.29 is 9.59 Å². The van der Waals surface area contributed by atoms with Crippen molar-refractivity contribution in [3.63, 3.8) is 0 Å². The maximum atomic E-state index is 13.4. The van der Waals surface area contributed by atoms with Crippen LogP contribution in [-0.2, 0) is 4.79 Å². The van der Waals surface area contributed by atoms with Gasteiger partial charge >= 0.3 is 0 Å². The topological polar surface area (TPSA) is 55.9 Å². The molecule has 0 bridgehead atoms. The summed E-state index contributed by atoms with van der Waals surface area (Å²) >= 11 is 0. The molecule has 37 heavy (non-hydrogen) atoms. The van der Waals surface area contributed by atoms with E-state index in [2.05, 4.69) is 45.4 Å². The summed E-state index contributed by atoms with van der Waals surface area (Å²) in [5, 5.41) is 3.43. The highest BCUT2D eigenvalue weighted by Crippen LogP contribution is 2.33. The van der Waals surface area contributed by atoms with E-state index in [-0.39, 0.29) is 17.2 Å².